The molecule has 0 saturated heterocycles. The van der Waals surface area contributed by atoms with Crippen molar-refractivity contribution in [1.82, 2.24) is 15.3 Å². The molecule has 1 fully saturated rings. The molecule has 1 amide bonds. The minimum Gasteiger partial charge on any atom is -0.382 e. The van der Waals surface area contributed by atoms with E-state index >= 15 is 0 Å². The van der Waals surface area contributed by atoms with E-state index in [0.717, 1.165) is 16.5 Å². The minimum atomic E-state index is -2.77. The monoisotopic (exact) mass is 487 g/mol. The first-order valence-corrected chi connectivity index (χ1v) is 10.4. The molecule has 1 aliphatic carbocycles. The maximum Gasteiger partial charge on any atom is 0.248 e. The summed E-state index contributed by atoms with van der Waals surface area (Å²) < 4.78 is 28.2. The lowest BCUT2D eigenvalue weighted by molar-refractivity contribution is -0.118. The Morgan fingerprint density at radius 1 is 1.41 bits per heavy atom. The number of nitrogens with one attached hydrogen (secondary N) is 1. The highest BCUT2D eigenvalue weighted by Gasteiger charge is 2.45. The molecule has 5 N–H and O–H groups in total. The van der Waals surface area contributed by atoms with Crippen LogP contribution in [0.4, 0.5) is 13.9 Å². The van der Waals surface area contributed by atoms with Gasteiger partial charge in [0.25, 0.3) is 0 Å². The van der Waals surface area contributed by atoms with Gasteiger partial charge in [-0.1, -0.05) is 35.6 Å². The maximum absolute atomic E-state index is 13.8. The summed E-state index contributed by atoms with van der Waals surface area (Å²) in [6.45, 7) is 0. The van der Waals surface area contributed by atoms with E-state index in [0.29, 0.717) is 20.2 Å². The molecule has 156 valence electrons. The summed E-state index contributed by atoms with van der Waals surface area (Å²) in [5, 5.41) is 15.6. The van der Waals surface area contributed by atoms with E-state index in [1.54, 1.807) is 24.3 Å². The minimum absolute atomic E-state index is 0.202. The number of alkyl halides is 2. The molecule has 1 aliphatic rings. The normalized spacial score (nSPS) is 19.8. The lowest BCUT2D eigenvalue weighted by Gasteiger charge is -2.23. The van der Waals surface area contributed by atoms with Gasteiger partial charge in [0.1, 0.15) is 0 Å². The molecule has 0 bridgehead atoms. The molecule has 0 radical (unpaired) electrons. The zero-order valence-electron chi connectivity index (χ0n) is 15.5. The number of hydrazine groups is 1. The van der Waals surface area contributed by atoms with Gasteiger partial charge in [-0.25, -0.2) is 19.7 Å². The van der Waals surface area contributed by atoms with E-state index in [1.807, 2.05) is 0 Å². The van der Waals surface area contributed by atoms with Gasteiger partial charge in [-0.2, -0.15) is 0 Å². The average Bonchev–Trinajstić information content (AvgIpc) is 3.20. The van der Waals surface area contributed by atoms with Crippen molar-refractivity contribution in [1.29, 1.82) is 0 Å². The first-order valence-electron chi connectivity index (χ1n) is 8.75. The molecule has 0 aliphatic heterocycles. The molecule has 3 rings (SSSR count). The SMILES string of the molecule is CN(N)/N=C(\N)c1ccc(C(C(=O)Nc2nnc(Br)s2)C2CCC(F)(F)C2)cc1. The number of amidine groups is 1. The predicted molar refractivity (Wildman–Crippen MR) is 110 cm³/mol. The van der Waals surface area contributed by atoms with Crippen LogP contribution in [0.1, 0.15) is 36.3 Å². The van der Waals surface area contributed by atoms with Crippen LogP contribution < -0.4 is 16.9 Å². The van der Waals surface area contributed by atoms with Gasteiger partial charge in [0.2, 0.25) is 17.0 Å². The van der Waals surface area contributed by atoms with Gasteiger partial charge in [0, 0.05) is 25.5 Å². The Morgan fingerprint density at radius 3 is 2.62 bits per heavy atom. The van der Waals surface area contributed by atoms with Gasteiger partial charge in [-0.15, -0.1) is 15.3 Å². The number of halogens is 3. The van der Waals surface area contributed by atoms with Gasteiger partial charge in [0.15, 0.2) is 9.75 Å². The number of rotatable bonds is 6. The molecule has 29 heavy (non-hydrogen) atoms. The highest BCUT2D eigenvalue weighted by atomic mass is 79.9. The van der Waals surface area contributed by atoms with Crippen molar-refractivity contribution in [2.75, 3.05) is 12.4 Å². The van der Waals surface area contributed by atoms with Crippen molar-refractivity contribution in [2.24, 2.45) is 22.6 Å². The lowest BCUT2D eigenvalue weighted by Crippen LogP contribution is -2.28. The molecule has 1 saturated carbocycles. The van der Waals surface area contributed by atoms with Crippen molar-refractivity contribution in [3.05, 3.63) is 39.3 Å². The average molecular weight is 488 g/mol. The third-order valence-electron chi connectivity index (χ3n) is 4.66. The number of hydrogen-bond acceptors (Lipinski definition) is 7. The molecule has 2 aromatic rings. The summed E-state index contributed by atoms with van der Waals surface area (Å²) in [5.41, 5.74) is 7.10. The number of carbonyl (C=O) groups is 1. The highest BCUT2D eigenvalue weighted by Crippen LogP contribution is 2.45. The summed E-state index contributed by atoms with van der Waals surface area (Å²) in [7, 11) is 1.54. The molecular formula is C17H20BrF2N7OS. The molecular weight excluding hydrogens is 468 g/mol. The number of benzene rings is 1. The molecule has 1 heterocycles. The van der Waals surface area contributed by atoms with Crippen molar-refractivity contribution >= 4 is 44.1 Å². The third kappa shape index (κ3) is 5.46. The number of hydrazone groups is 1. The van der Waals surface area contributed by atoms with Gasteiger partial charge in [-0.3, -0.25) is 10.1 Å². The maximum atomic E-state index is 13.8. The summed E-state index contributed by atoms with van der Waals surface area (Å²) >= 11 is 4.33. The van der Waals surface area contributed by atoms with Crippen LogP contribution in [0, 0.1) is 5.92 Å². The van der Waals surface area contributed by atoms with E-state index < -0.39 is 23.7 Å². The number of aromatic nitrogens is 2. The van der Waals surface area contributed by atoms with Crippen molar-refractivity contribution in [2.45, 2.75) is 31.1 Å². The first kappa shape index (κ1) is 21.5. The number of nitrogens with zero attached hydrogens (tertiary/aromatic N) is 4. The Kier molecular flexibility index (Phi) is 6.44. The van der Waals surface area contributed by atoms with Crippen molar-refractivity contribution in [3.8, 4) is 0 Å². The van der Waals surface area contributed by atoms with Crippen LogP contribution in [0.5, 0.6) is 0 Å². The van der Waals surface area contributed by atoms with Gasteiger partial charge < -0.3 is 5.73 Å². The Hall–Kier alpha value is -2.18. The van der Waals surface area contributed by atoms with E-state index in [9.17, 15) is 13.6 Å². The topological polar surface area (TPSA) is 123 Å². The number of anilines is 1. The highest BCUT2D eigenvalue weighted by molar-refractivity contribution is 9.11. The van der Waals surface area contributed by atoms with Crippen molar-refractivity contribution in [3.63, 3.8) is 0 Å². The number of carbonyl (C=O) groups excluding carboxylic acids is 1. The summed E-state index contributed by atoms with van der Waals surface area (Å²) in [5.74, 6) is 1.25. The fourth-order valence-electron chi connectivity index (χ4n) is 3.43. The molecule has 1 aromatic heterocycles. The number of nitrogens with two attached hydrogens (primary N) is 2. The van der Waals surface area contributed by atoms with Crippen LogP contribution in [-0.2, 0) is 4.79 Å². The fourth-order valence-corrected chi connectivity index (χ4v) is 4.45. The molecule has 2 unspecified atom stereocenters. The second-order valence-electron chi connectivity index (χ2n) is 6.87. The molecule has 2 atom stereocenters. The van der Waals surface area contributed by atoms with Crippen LogP contribution in [-0.4, -0.2) is 40.0 Å². The van der Waals surface area contributed by atoms with E-state index in [1.165, 1.54) is 7.05 Å². The molecule has 8 nitrogen and oxygen atoms in total. The quantitative estimate of drug-likeness (QED) is 0.249. The summed E-state index contributed by atoms with van der Waals surface area (Å²) in [4.78, 5) is 13.0. The lowest BCUT2D eigenvalue weighted by atomic mass is 9.83. The smallest absolute Gasteiger partial charge is 0.248 e. The number of amides is 1. The fraction of sp³-hybridized carbons (Fsp3) is 0.412. The largest absolute Gasteiger partial charge is 0.382 e. The number of hydrogen-bond donors (Lipinski definition) is 3. The molecule has 1 aromatic carbocycles. The Labute approximate surface area is 178 Å². The Bertz CT molecular complexity index is 903. The summed E-state index contributed by atoms with van der Waals surface area (Å²) in [6, 6.07) is 6.77. The second kappa shape index (κ2) is 8.67. The van der Waals surface area contributed by atoms with Gasteiger partial charge in [-0.05, 0) is 33.8 Å². The Morgan fingerprint density at radius 2 is 2.10 bits per heavy atom. The van der Waals surface area contributed by atoms with Gasteiger partial charge in [0.05, 0.1) is 5.92 Å². The zero-order valence-corrected chi connectivity index (χ0v) is 17.9. The van der Waals surface area contributed by atoms with Crippen LogP contribution in [0.15, 0.2) is 33.3 Å². The molecule has 0 spiro atoms. The first-order chi connectivity index (χ1) is 13.6. The summed E-state index contributed by atoms with van der Waals surface area (Å²) in [6.07, 6.45) is -0.311. The van der Waals surface area contributed by atoms with E-state index in [2.05, 4.69) is 36.5 Å². The predicted octanol–water partition coefficient (Wildman–Crippen LogP) is 2.88. The van der Waals surface area contributed by atoms with E-state index in [4.69, 9.17) is 11.6 Å². The van der Waals surface area contributed by atoms with Crippen LogP contribution in [0.25, 0.3) is 0 Å². The second-order valence-corrected chi connectivity index (χ2v) is 9.12. The standard InChI is InChI=1S/C17H20BrF2N7OS/c1-27(22)26-13(21)10-4-2-9(3-5-10)12(11-6-7-17(19,20)8-11)14(28)23-16-25-24-15(18)29-16/h2-5,11-12H,6-8,22H2,1H3,(H2,21,26)(H,23,25,28). The van der Waals surface area contributed by atoms with Crippen LogP contribution in [0.2, 0.25) is 0 Å². The zero-order chi connectivity index (χ0) is 21.2. The molecule has 12 heteroatoms. The van der Waals surface area contributed by atoms with E-state index in [-0.39, 0.29) is 25.1 Å². The third-order valence-corrected chi connectivity index (χ3v) is 5.93. The van der Waals surface area contributed by atoms with Gasteiger partial charge >= 0.3 is 0 Å². The Balaban J connectivity index is 1.87. The van der Waals surface area contributed by atoms with Crippen LogP contribution in [0.3, 0.4) is 0 Å². The van der Waals surface area contributed by atoms with Crippen LogP contribution >= 0.6 is 27.3 Å². The van der Waals surface area contributed by atoms with Crippen molar-refractivity contribution < 1.29 is 13.6 Å².